The molecule has 3 rings (SSSR count). The predicted molar refractivity (Wildman–Crippen MR) is 85.4 cm³/mol. The van der Waals surface area contributed by atoms with Crippen molar-refractivity contribution in [3.8, 4) is 5.75 Å². The molecule has 116 valence electrons. The minimum atomic E-state index is -0.160. The Morgan fingerprint density at radius 3 is 3.09 bits per heavy atom. The molecule has 22 heavy (non-hydrogen) atoms. The lowest BCUT2D eigenvalue weighted by Crippen LogP contribution is -2.15. The van der Waals surface area contributed by atoms with E-state index in [1.54, 1.807) is 0 Å². The summed E-state index contributed by atoms with van der Waals surface area (Å²) >= 11 is 0. The first-order valence-corrected chi connectivity index (χ1v) is 7.88. The van der Waals surface area contributed by atoms with E-state index in [0.29, 0.717) is 12.3 Å². The van der Waals surface area contributed by atoms with Crippen molar-refractivity contribution in [1.82, 2.24) is 10.2 Å². The number of carbonyl (C=O) groups excluding carboxylic acids is 1. The Morgan fingerprint density at radius 2 is 2.23 bits per heavy atom. The number of aromatic amines is 1. The number of nitrogens with one attached hydrogen (secondary N) is 2. The summed E-state index contributed by atoms with van der Waals surface area (Å²) in [5, 5.41) is 10.1. The van der Waals surface area contributed by atoms with Crippen molar-refractivity contribution in [3.63, 3.8) is 0 Å². The number of hydrogen-bond donors (Lipinski definition) is 2. The quantitative estimate of drug-likeness (QED) is 0.890. The van der Waals surface area contributed by atoms with Crippen LogP contribution in [-0.4, -0.2) is 22.7 Å². The van der Waals surface area contributed by atoms with Gasteiger partial charge in [0.05, 0.1) is 6.61 Å². The van der Waals surface area contributed by atoms with E-state index in [0.717, 1.165) is 54.8 Å². The SMILES string of the molecule is CCCOc1cccc(NC(=O)c2n[nH]c3c2CCCC3)c1. The number of benzene rings is 1. The first kappa shape index (κ1) is 14.6. The van der Waals surface area contributed by atoms with Gasteiger partial charge in [0.15, 0.2) is 5.69 Å². The van der Waals surface area contributed by atoms with E-state index in [1.807, 2.05) is 24.3 Å². The second-order valence-corrected chi connectivity index (χ2v) is 5.57. The molecule has 1 aliphatic carbocycles. The van der Waals surface area contributed by atoms with Crippen molar-refractivity contribution in [1.29, 1.82) is 0 Å². The largest absolute Gasteiger partial charge is 0.494 e. The highest BCUT2D eigenvalue weighted by Gasteiger charge is 2.21. The fourth-order valence-electron chi connectivity index (χ4n) is 2.74. The fourth-order valence-corrected chi connectivity index (χ4v) is 2.74. The van der Waals surface area contributed by atoms with Gasteiger partial charge in [-0.3, -0.25) is 9.89 Å². The maximum Gasteiger partial charge on any atom is 0.276 e. The molecular weight excluding hydrogens is 278 g/mol. The Kier molecular flexibility index (Phi) is 4.42. The van der Waals surface area contributed by atoms with Gasteiger partial charge < -0.3 is 10.1 Å². The number of amides is 1. The summed E-state index contributed by atoms with van der Waals surface area (Å²) in [6, 6.07) is 7.46. The second-order valence-electron chi connectivity index (χ2n) is 5.57. The van der Waals surface area contributed by atoms with Gasteiger partial charge >= 0.3 is 0 Å². The van der Waals surface area contributed by atoms with Crippen molar-refractivity contribution >= 4 is 11.6 Å². The van der Waals surface area contributed by atoms with Crippen LogP contribution < -0.4 is 10.1 Å². The van der Waals surface area contributed by atoms with Crippen molar-refractivity contribution in [3.05, 3.63) is 41.2 Å². The summed E-state index contributed by atoms with van der Waals surface area (Å²) in [5.41, 5.74) is 3.43. The zero-order chi connectivity index (χ0) is 15.4. The number of aryl methyl sites for hydroxylation is 1. The predicted octanol–water partition coefficient (Wildman–Crippen LogP) is 3.33. The molecule has 0 spiro atoms. The smallest absolute Gasteiger partial charge is 0.276 e. The van der Waals surface area contributed by atoms with Gasteiger partial charge in [0.1, 0.15) is 5.75 Å². The molecule has 0 unspecified atom stereocenters. The van der Waals surface area contributed by atoms with Crippen molar-refractivity contribution < 1.29 is 9.53 Å². The molecule has 0 aliphatic heterocycles. The first-order chi connectivity index (χ1) is 10.8. The topological polar surface area (TPSA) is 67.0 Å². The first-order valence-electron chi connectivity index (χ1n) is 7.88. The van der Waals surface area contributed by atoms with Crippen LogP contribution in [0.25, 0.3) is 0 Å². The molecule has 2 aromatic rings. The van der Waals surface area contributed by atoms with Gasteiger partial charge in [-0.15, -0.1) is 0 Å². The molecule has 0 bridgehead atoms. The molecule has 1 aromatic heterocycles. The number of hydrogen-bond acceptors (Lipinski definition) is 3. The molecule has 5 nitrogen and oxygen atoms in total. The molecule has 2 N–H and O–H groups in total. The number of aromatic nitrogens is 2. The summed E-state index contributed by atoms with van der Waals surface area (Å²) in [4.78, 5) is 12.4. The highest BCUT2D eigenvalue weighted by atomic mass is 16.5. The standard InChI is InChI=1S/C17H21N3O2/c1-2-10-22-13-7-5-6-12(11-13)18-17(21)16-14-8-3-4-9-15(14)19-20-16/h5-7,11H,2-4,8-10H2,1H3,(H,18,21)(H,19,20). The van der Waals surface area contributed by atoms with Gasteiger partial charge in [-0.1, -0.05) is 13.0 Å². The van der Waals surface area contributed by atoms with Crippen LogP contribution in [0.4, 0.5) is 5.69 Å². The minimum absolute atomic E-state index is 0.160. The van der Waals surface area contributed by atoms with Crippen LogP contribution in [0, 0.1) is 0 Å². The molecule has 0 saturated carbocycles. The van der Waals surface area contributed by atoms with Gasteiger partial charge in [-0.05, 0) is 44.2 Å². The third kappa shape index (κ3) is 3.13. The Labute approximate surface area is 130 Å². The van der Waals surface area contributed by atoms with Crippen LogP contribution in [0.5, 0.6) is 5.75 Å². The van der Waals surface area contributed by atoms with Crippen molar-refractivity contribution in [2.75, 3.05) is 11.9 Å². The van der Waals surface area contributed by atoms with E-state index < -0.39 is 0 Å². The van der Waals surface area contributed by atoms with E-state index in [4.69, 9.17) is 4.74 Å². The van der Waals surface area contributed by atoms with Crippen LogP contribution >= 0.6 is 0 Å². The van der Waals surface area contributed by atoms with E-state index in [2.05, 4.69) is 22.4 Å². The highest BCUT2D eigenvalue weighted by Crippen LogP contribution is 2.23. The molecule has 1 heterocycles. The molecule has 0 fully saturated rings. The van der Waals surface area contributed by atoms with Crippen LogP contribution in [0.2, 0.25) is 0 Å². The van der Waals surface area contributed by atoms with E-state index in [1.165, 1.54) is 0 Å². The molecule has 1 amide bonds. The Balaban J connectivity index is 1.73. The van der Waals surface area contributed by atoms with E-state index in [-0.39, 0.29) is 5.91 Å². The molecule has 1 aromatic carbocycles. The number of nitrogens with zero attached hydrogens (tertiary/aromatic N) is 1. The molecule has 0 atom stereocenters. The van der Waals surface area contributed by atoms with Crippen LogP contribution in [0.3, 0.4) is 0 Å². The summed E-state index contributed by atoms with van der Waals surface area (Å²) in [6.07, 6.45) is 5.14. The Morgan fingerprint density at radius 1 is 1.36 bits per heavy atom. The molecule has 1 aliphatic rings. The highest BCUT2D eigenvalue weighted by molar-refractivity contribution is 6.04. The molecule has 0 saturated heterocycles. The maximum absolute atomic E-state index is 12.4. The number of ether oxygens (including phenoxy) is 1. The van der Waals surface area contributed by atoms with Gasteiger partial charge in [-0.25, -0.2) is 0 Å². The average molecular weight is 299 g/mol. The number of carbonyl (C=O) groups is 1. The van der Waals surface area contributed by atoms with E-state index in [9.17, 15) is 4.79 Å². The van der Waals surface area contributed by atoms with Crippen LogP contribution in [-0.2, 0) is 12.8 Å². The fraction of sp³-hybridized carbons (Fsp3) is 0.412. The van der Waals surface area contributed by atoms with Gasteiger partial charge in [-0.2, -0.15) is 5.10 Å². The van der Waals surface area contributed by atoms with Gasteiger partial charge in [0.25, 0.3) is 5.91 Å². The van der Waals surface area contributed by atoms with Crippen LogP contribution in [0.1, 0.15) is 47.9 Å². The molecule has 5 heteroatoms. The third-order valence-corrected chi connectivity index (χ3v) is 3.84. The zero-order valence-corrected chi connectivity index (χ0v) is 12.8. The Hall–Kier alpha value is -2.30. The lowest BCUT2D eigenvalue weighted by Gasteiger charge is -2.11. The van der Waals surface area contributed by atoms with Gasteiger partial charge in [0, 0.05) is 23.0 Å². The van der Waals surface area contributed by atoms with Crippen molar-refractivity contribution in [2.45, 2.75) is 39.0 Å². The average Bonchev–Trinajstić information content (AvgIpc) is 2.97. The summed E-state index contributed by atoms with van der Waals surface area (Å²) < 4.78 is 5.59. The number of H-pyrrole nitrogens is 1. The number of anilines is 1. The number of fused-ring (bicyclic) bond motifs is 1. The molecule has 0 radical (unpaired) electrons. The summed E-state index contributed by atoms with van der Waals surface area (Å²) in [5.74, 6) is 0.607. The third-order valence-electron chi connectivity index (χ3n) is 3.84. The zero-order valence-electron chi connectivity index (χ0n) is 12.8. The minimum Gasteiger partial charge on any atom is -0.494 e. The monoisotopic (exact) mass is 299 g/mol. The lowest BCUT2D eigenvalue weighted by atomic mass is 9.96. The Bertz CT molecular complexity index is 664. The normalized spacial score (nSPS) is 13.5. The van der Waals surface area contributed by atoms with Crippen molar-refractivity contribution in [2.24, 2.45) is 0 Å². The number of rotatable bonds is 5. The lowest BCUT2D eigenvalue weighted by molar-refractivity contribution is 0.102. The second kappa shape index (κ2) is 6.64. The maximum atomic E-state index is 12.4. The summed E-state index contributed by atoms with van der Waals surface area (Å²) in [6.45, 7) is 2.73. The van der Waals surface area contributed by atoms with Crippen LogP contribution in [0.15, 0.2) is 24.3 Å². The van der Waals surface area contributed by atoms with Gasteiger partial charge in [0.2, 0.25) is 0 Å². The summed E-state index contributed by atoms with van der Waals surface area (Å²) in [7, 11) is 0. The molecular formula is C17H21N3O2. The van der Waals surface area contributed by atoms with E-state index >= 15 is 0 Å².